The molecule has 1 rings (SSSR count). The number of amides is 3. The summed E-state index contributed by atoms with van der Waals surface area (Å²) in [4.78, 5) is 36.6. The monoisotopic (exact) mass is 418 g/mol. The Labute approximate surface area is 170 Å². The molecule has 8 N–H and O–H groups in total. The number of piperidine rings is 1. The maximum absolute atomic E-state index is 12.0. The standard InChI is InChI=1S/C18H34N4O7/c19-16(27)10-22-6-4-12(5-7-22)21-18(29)3-1-2-17(28)20-9-13(24)8-14(25)15(26)11-23/h12-15,23-26H,1-11H2,(H2,19,27)(H,20,28)(H,21,29)/t13-,14+,15-/m1/s1. The van der Waals surface area contributed by atoms with Gasteiger partial charge in [-0.3, -0.25) is 19.3 Å². The molecule has 0 aromatic heterocycles. The van der Waals surface area contributed by atoms with Crippen LogP contribution < -0.4 is 16.4 Å². The Kier molecular flexibility index (Phi) is 11.7. The van der Waals surface area contributed by atoms with Crippen molar-refractivity contribution in [2.24, 2.45) is 5.73 Å². The van der Waals surface area contributed by atoms with Crippen LogP contribution in [0, 0.1) is 0 Å². The molecule has 0 unspecified atom stereocenters. The summed E-state index contributed by atoms with van der Waals surface area (Å²) in [5.41, 5.74) is 5.17. The summed E-state index contributed by atoms with van der Waals surface area (Å²) in [5, 5.41) is 42.6. The minimum atomic E-state index is -1.34. The summed E-state index contributed by atoms with van der Waals surface area (Å²) < 4.78 is 0. The normalized spacial score (nSPS) is 18.6. The second kappa shape index (κ2) is 13.4. The van der Waals surface area contributed by atoms with Crippen molar-refractivity contribution in [1.82, 2.24) is 15.5 Å². The first-order chi connectivity index (χ1) is 13.7. The van der Waals surface area contributed by atoms with Gasteiger partial charge in [0.15, 0.2) is 0 Å². The molecule has 168 valence electrons. The third kappa shape index (κ3) is 11.1. The van der Waals surface area contributed by atoms with Crippen LogP contribution in [0.1, 0.15) is 38.5 Å². The van der Waals surface area contributed by atoms with Gasteiger partial charge in [-0.1, -0.05) is 0 Å². The molecule has 1 saturated heterocycles. The van der Waals surface area contributed by atoms with E-state index < -0.39 is 24.9 Å². The van der Waals surface area contributed by atoms with Crippen molar-refractivity contribution in [3.63, 3.8) is 0 Å². The molecule has 0 saturated carbocycles. The van der Waals surface area contributed by atoms with E-state index in [1.54, 1.807) is 0 Å². The molecule has 0 aromatic carbocycles. The van der Waals surface area contributed by atoms with Crippen molar-refractivity contribution < 1.29 is 34.8 Å². The van der Waals surface area contributed by atoms with Crippen LogP contribution in [-0.2, 0) is 14.4 Å². The number of aliphatic hydroxyl groups excluding tert-OH is 4. The number of likely N-dealkylation sites (tertiary alicyclic amines) is 1. The molecule has 3 amide bonds. The molecule has 0 radical (unpaired) electrons. The SMILES string of the molecule is NC(=O)CN1CCC(NC(=O)CCCC(=O)NC[C@H](O)C[C@H](O)[C@H](O)CO)CC1. The summed E-state index contributed by atoms with van der Waals surface area (Å²) in [6, 6.07) is 0.0521. The van der Waals surface area contributed by atoms with Gasteiger partial charge in [0.2, 0.25) is 17.7 Å². The van der Waals surface area contributed by atoms with Gasteiger partial charge in [-0.05, 0) is 19.3 Å². The Bertz CT molecular complexity index is 526. The first kappa shape index (κ1) is 25.2. The van der Waals surface area contributed by atoms with Crippen molar-refractivity contribution in [2.45, 2.75) is 62.9 Å². The summed E-state index contributed by atoms with van der Waals surface area (Å²) in [6.45, 7) is 0.912. The van der Waals surface area contributed by atoms with E-state index in [0.29, 0.717) is 19.5 Å². The second-order valence-corrected chi connectivity index (χ2v) is 7.45. The summed E-state index contributed by atoms with van der Waals surface area (Å²) in [5.74, 6) is -0.821. The van der Waals surface area contributed by atoms with Crippen LogP contribution in [0.5, 0.6) is 0 Å². The molecule has 11 nitrogen and oxygen atoms in total. The van der Waals surface area contributed by atoms with Gasteiger partial charge >= 0.3 is 0 Å². The molecule has 1 heterocycles. The molecule has 0 aliphatic carbocycles. The molecule has 0 spiro atoms. The van der Waals surface area contributed by atoms with Crippen LogP contribution in [0.3, 0.4) is 0 Å². The van der Waals surface area contributed by atoms with Gasteiger partial charge in [0.1, 0.15) is 6.10 Å². The zero-order chi connectivity index (χ0) is 21.8. The lowest BCUT2D eigenvalue weighted by Gasteiger charge is -2.31. The van der Waals surface area contributed by atoms with Crippen molar-refractivity contribution >= 4 is 17.7 Å². The number of carbonyl (C=O) groups is 3. The second-order valence-electron chi connectivity index (χ2n) is 7.45. The Morgan fingerprint density at radius 2 is 1.66 bits per heavy atom. The van der Waals surface area contributed by atoms with Crippen LogP contribution in [0.4, 0.5) is 0 Å². The van der Waals surface area contributed by atoms with Gasteiger partial charge in [0, 0.05) is 44.9 Å². The lowest BCUT2D eigenvalue weighted by Crippen LogP contribution is -2.46. The van der Waals surface area contributed by atoms with Crippen LogP contribution in [0.25, 0.3) is 0 Å². The zero-order valence-electron chi connectivity index (χ0n) is 16.6. The minimum absolute atomic E-state index is 0.0521. The third-order valence-corrected chi connectivity index (χ3v) is 4.82. The predicted molar refractivity (Wildman–Crippen MR) is 103 cm³/mol. The predicted octanol–water partition coefficient (Wildman–Crippen LogP) is -3.20. The zero-order valence-corrected chi connectivity index (χ0v) is 16.6. The Morgan fingerprint density at radius 1 is 1.03 bits per heavy atom. The average Bonchev–Trinajstić information content (AvgIpc) is 2.66. The fourth-order valence-electron chi connectivity index (χ4n) is 3.13. The van der Waals surface area contributed by atoms with Crippen molar-refractivity contribution in [1.29, 1.82) is 0 Å². The fourth-order valence-corrected chi connectivity index (χ4v) is 3.13. The fraction of sp³-hybridized carbons (Fsp3) is 0.833. The molecule has 1 aliphatic rings. The molecule has 3 atom stereocenters. The Balaban J connectivity index is 2.12. The van der Waals surface area contributed by atoms with E-state index in [4.69, 9.17) is 10.8 Å². The molecule has 0 aromatic rings. The highest BCUT2D eigenvalue weighted by atomic mass is 16.4. The maximum atomic E-state index is 12.0. The highest BCUT2D eigenvalue weighted by molar-refractivity contribution is 5.79. The van der Waals surface area contributed by atoms with Crippen LogP contribution in [0.2, 0.25) is 0 Å². The van der Waals surface area contributed by atoms with E-state index in [1.807, 2.05) is 4.90 Å². The van der Waals surface area contributed by atoms with E-state index in [0.717, 1.165) is 12.8 Å². The Morgan fingerprint density at radius 3 is 2.24 bits per heavy atom. The molecular formula is C18H34N4O7. The minimum Gasteiger partial charge on any atom is -0.394 e. The van der Waals surface area contributed by atoms with E-state index in [1.165, 1.54) is 0 Å². The molecule has 1 aliphatic heterocycles. The van der Waals surface area contributed by atoms with Gasteiger partial charge in [-0.15, -0.1) is 0 Å². The molecule has 0 bridgehead atoms. The van der Waals surface area contributed by atoms with Gasteiger partial charge in [0.25, 0.3) is 0 Å². The maximum Gasteiger partial charge on any atom is 0.231 e. The number of hydrogen-bond donors (Lipinski definition) is 7. The van der Waals surface area contributed by atoms with Crippen molar-refractivity contribution in [2.75, 3.05) is 32.8 Å². The van der Waals surface area contributed by atoms with Crippen LogP contribution in [0.15, 0.2) is 0 Å². The Hall–Kier alpha value is -1.79. The first-order valence-corrected chi connectivity index (χ1v) is 9.93. The number of rotatable bonds is 13. The number of aliphatic hydroxyl groups is 4. The third-order valence-electron chi connectivity index (χ3n) is 4.82. The highest BCUT2D eigenvalue weighted by Gasteiger charge is 2.22. The van der Waals surface area contributed by atoms with Crippen molar-refractivity contribution in [3.05, 3.63) is 0 Å². The molecular weight excluding hydrogens is 384 g/mol. The number of nitrogens with one attached hydrogen (secondary N) is 2. The first-order valence-electron chi connectivity index (χ1n) is 9.93. The number of nitrogens with zero attached hydrogens (tertiary/aromatic N) is 1. The average molecular weight is 418 g/mol. The van der Waals surface area contributed by atoms with Crippen LogP contribution >= 0.6 is 0 Å². The molecule has 11 heteroatoms. The van der Waals surface area contributed by atoms with Gasteiger partial charge < -0.3 is 36.8 Å². The van der Waals surface area contributed by atoms with Gasteiger partial charge in [-0.25, -0.2) is 0 Å². The van der Waals surface area contributed by atoms with Gasteiger partial charge in [0.05, 0.1) is 25.4 Å². The van der Waals surface area contributed by atoms with Crippen molar-refractivity contribution in [3.8, 4) is 0 Å². The largest absolute Gasteiger partial charge is 0.394 e. The summed E-state index contributed by atoms with van der Waals surface area (Å²) in [7, 11) is 0. The number of nitrogens with two attached hydrogens (primary N) is 1. The molecule has 1 fully saturated rings. The lowest BCUT2D eigenvalue weighted by atomic mass is 10.0. The topological polar surface area (TPSA) is 185 Å². The van der Waals surface area contributed by atoms with Gasteiger partial charge in [-0.2, -0.15) is 0 Å². The number of carbonyl (C=O) groups excluding carboxylic acids is 3. The smallest absolute Gasteiger partial charge is 0.231 e. The van der Waals surface area contributed by atoms with E-state index in [9.17, 15) is 29.7 Å². The van der Waals surface area contributed by atoms with E-state index in [-0.39, 0.29) is 56.1 Å². The summed E-state index contributed by atoms with van der Waals surface area (Å²) in [6.07, 6.45) is -1.67. The summed E-state index contributed by atoms with van der Waals surface area (Å²) >= 11 is 0. The number of primary amides is 1. The van der Waals surface area contributed by atoms with E-state index >= 15 is 0 Å². The number of hydrogen-bond acceptors (Lipinski definition) is 8. The molecule has 29 heavy (non-hydrogen) atoms. The van der Waals surface area contributed by atoms with Crippen LogP contribution in [-0.4, -0.2) is 100 Å². The lowest BCUT2D eigenvalue weighted by molar-refractivity contribution is -0.124. The quantitative estimate of drug-likeness (QED) is 0.163. The van der Waals surface area contributed by atoms with E-state index in [2.05, 4.69) is 10.6 Å². The highest BCUT2D eigenvalue weighted by Crippen LogP contribution is 2.10.